The molecule has 0 fully saturated rings. The Balaban J connectivity index is 2.03. The van der Waals surface area contributed by atoms with Crippen molar-refractivity contribution in [3.05, 3.63) is 34.9 Å². The summed E-state index contributed by atoms with van der Waals surface area (Å²) < 4.78 is 5.09. The third kappa shape index (κ3) is 2.58. The Morgan fingerprint density at radius 3 is 2.87 bits per heavy atom. The van der Waals surface area contributed by atoms with Crippen LogP contribution in [0.4, 0.5) is 0 Å². The normalized spacial score (nSPS) is 14.6. The zero-order valence-corrected chi connectivity index (χ0v) is 9.62. The summed E-state index contributed by atoms with van der Waals surface area (Å²) >= 11 is 0. The average molecular weight is 205 g/mol. The van der Waals surface area contributed by atoms with Crippen LogP contribution in [0.25, 0.3) is 0 Å². The first-order valence-corrected chi connectivity index (χ1v) is 5.58. The number of methoxy groups -OCH3 is 1. The third-order valence-corrected chi connectivity index (χ3v) is 2.96. The molecule has 0 saturated carbocycles. The number of rotatable bonds is 4. The lowest BCUT2D eigenvalue weighted by atomic mass is 10.1. The molecule has 0 heterocycles. The average Bonchev–Trinajstić information content (AvgIpc) is 2.65. The summed E-state index contributed by atoms with van der Waals surface area (Å²) in [6.45, 7) is 1.66. The monoisotopic (exact) mass is 205 g/mol. The van der Waals surface area contributed by atoms with Crippen LogP contribution < -0.4 is 0 Å². The van der Waals surface area contributed by atoms with Crippen molar-refractivity contribution in [1.29, 1.82) is 0 Å². The Morgan fingerprint density at radius 2 is 2.07 bits per heavy atom. The fourth-order valence-corrected chi connectivity index (χ4v) is 2.30. The van der Waals surface area contributed by atoms with Crippen molar-refractivity contribution in [1.82, 2.24) is 4.90 Å². The molecule has 0 aliphatic heterocycles. The highest BCUT2D eigenvalue weighted by Gasteiger charge is 2.11. The highest BCUT2D eigenvalue weighted by Crippen LogP contribution is 2.23. The van der Waals surface area contributed by atoms with Crippen LogP contribution in [0, 0.1) is 0 Å². The van der Waals surface area contributed by atoms with E-state index in [0.717, 1.165) is 6.54 Å². The summed E-state index contributed by atoms with van der Waals surface area (Å²) in [5, 5.41) is 0. The van der Waals surface area contributed by atoms with Crippen LogP contribution in [-0.2, 0) is 24.1 Å². The SMILES string of the molecule is COCN(C)Cc1ccc2c(c1)CCC2. The smallest absolute Gasteiger partial charge is 0.0986 e. The van der Waals surface area contributed by atoms with Gasteiger partial charge in [-0.15, -0.1) is 0 Å². The molecule has 0 amide bonds. The molecule has 15 heavy (non-hydrogen) atoms. The summed E-state index contributed by atoms with van der Waals surface area (Å²) in [4.78, 5) is 2.18. The zero-order valence-electron chi connectivity index (χ0n) is 9.62. The van der Waals surface area contributed by atoms with Crippen LogP contribution in [0.15, 0.2) is 18.2 Å². The Bertz CT molecular complexity index is 335. The van der Waals surface area contributed by atoms with Crippen molar-refractivity contribution in [3.8, 4) is 0 Å². The standard InChI is InChI=1S/C13H19NO/c1-14(10-15-2)9-11-6-7-12-4-3-5-13(12)8-11/h6-8H,3-5,9-10H2,1-2H3. The first-order valence-electron chi connectivity index (χ1n) is 5.58. The van der Waals surface area contributed by atoms with Crippen molar-refractivity contribution < 1.29 is 4.74 Å². The molecule has 0 radical (unpaired) electrons. The Hall–Kier alpha value is -0.860. The molecular weight excluding hydrogens is 186 g/mol. The van der Waals surface area contributed by atoms with Crippen LogP contribution >= 0.6 is 0 Å². The van der Waals surface area contributed by atoms with Gasteiger partial charge in [0.05, 0.1) is 6.73 Å². The predicted octanol–water partition coefficient (Wildman–Crippen LogP) is 2.21. The molecule has 2 nitrogen and oxygen atoms in total. The van der Waals surface area contributed by atoms with Crippen LogP contribution in [-0.4, -0.2) is 25.8 Å². The minimum Gasteiger partial charge on any atom is -0.369 e. The van der Waals surface area contributed by atoms with E-state index in [1.807, 2.05) is 0 Å². The fraction of sp³-hybridized carbons (Fsp3) is 0.538. The maximum atomic E-state index is 5.09. The number of benzene rings is 1. The number of hydrogen-bond donors (Lipinski definition) is 0. The Morgan fingerprint density at radius 1 is 1.27 bits per heavy atom. The molecule has 0 N–H and O–H groups in total. The molecule has 1 aliphatic rings. The maximum absolute atomic E-state index is 5.09. The second-order valence-electron chi connectivity index (χ2n) is 4.39. The van der Waals surface area contributed by atoms with E-state index in [0.29, 0.717) is 6.73 Å². The second kappa shape index (κ2) is 4.77. The van der Waals surface area contributed by atoms with E-state index < -0.39 is 0 Å². The zero-order chi connectivity index (χ0) is 10.7. The molecule has 2 heteroatoms. The summed E-state index contributed by atoms with van der Waals surface area (Å²) in [6, 6.07) is 6.89. The van der Waals surface area contributed by atoms with Crippen LogP contribution in [0.1, 0.15) is 23.1 Å². The van der Waals surface area contributed by atoms with Crippen molar-refractivity contribution in [3.63, 3.8) is 0 Å². The van der Waals surface area contributed by atoms with Gasteiger partial charge in [0.2, 0.25) is 0 Å². The van der Waals surface area contributed by atoms with E-state index in [9.17, 15) is 0 Å². The lowest BCUT2D eigenvalue weighted by molar-refractivity contribution is 0.0771. The summed E-state index contributed by atoms with van der Waals surface area (Å²) in [7, 11) is 3.82. The van der Waals surface area contributed by atoms with Gasteiger partial charge >= 0.3 is 0 Å². The summed E-state index contributed by atoms with van der Waals surface area (Å²) in [5.74, 6) is 0. The molecule has 0 unspecified atom stereocenters. The molecule has 2 rings (SSSR count). The molecule has 0 atom stereocenters. The quantitative estimate of drug-likeness (QED) is 0.699. The van der Waals surface area contributed by atoms with Crippen LogP contribution in [0.2, 0.25) is 0 Å². The molecule has 0 bridgehead atoms. The molecule has 1 aliphatic carbocycles. The summed E-state index contributed by atoms with van der Waals surface area (Å²) in [5.41, 5.74) is 4.50. The first kappa shape index (κ1) is 10.7. The molecule has 0 saturated heterocycles. The van der Waals surface area contributed by atoms with E-state index in [1.165, 1.54) is 24.8 Å². The van der Waals surface area contributed by atoms with Crippen molar-refractivity contribution in [2.75, 3.05) is 20.9 Å². The van der Waals surface area contributed by atoms with Gasteiger partial charge in [0, 0.05) is 13.7 Å². The lowest BCUT2D eigenvalue weighted by Crippen LogP contribution is -2.20. The number of fused-ring (bicyclic) bond motifs is 1. The lowest BCUT2D eigenvalue weighted by Gasteiger charge is -2.15. The second-order valence-corrected chi connectivity index (χ2v) is 4.39. The van der Waals surface area contributed by atoms with Gasteiger partial charge in [-0.2, -0.15) is 0 Å². The molecule has 82 valence electrons. The number of aryl methyl sites for hydroxylation is 2. The topological polar surface area (TPSA) is 12.5 Å². The molecular formula is C13H19NO. The molecule has 0 aromatic heterocycles. The van der Waals surface area contributed by atoms with Gasteiger partial charge < -0.3 is 4.74 Å². The molecule has 1 aromatic carbocycles. The summed E-state index contributed by atoms with van der Waals surface area (Å²) in [6.07, 6.45) is 3.85. The van der Waals surface area contributed by atoms with Crippen molar-refractivity contribution >= 4 is 0 Å². The minimum absolute atomic E-state index is 0.692. The van der Waals surface area contributed by atoms with Gasteiger partial charge in [-0.25, -0.2) is 0 Å². The van der Waals surface area contributed by atoms with Crippen LogP contribution in [0.3, 0.4) is 0 Å². The first-order chi connectivity index (χ1) is 7.29. The highest BCUT2D eigenvalue weighted by molar-refractivity contribution is 5.35. The number of hydrogen-bond acceptors (Lipinski definition) is 2. The van der Waals surface area contributed by atoms with Gasteiger partial charge in [0.25, 0.3) is 0 Å². The van der Waals surface area contributed by atoms with Gasteiger partial charge in [-0.05, 0) is 43.0 Å². The van der Waals surface area contributed by atoms with Crippen molar-refractivity contribution in [2.24, 2.45) is 0 Å². The van der Waals surface area contributed by atoms with E-state index in [1.54, 1.807) is 18.2 Å². The van der Waals surface area contributed by atoms with Gasteiger partial charge in [-0.3, -0.25) is 4.90 Å². The van der Waals surface area contributed by atoms with E-state index in [4.69, 9.17) is 4.74 Å². The van der Waals surface area contributed by atoms with Gasteiger partial charge in [-0.1, -0.05) is 18.2 Å². The van der Waals surface area contributed by atoms with Crippen molar-refractivity contribution in [2.45, 2.75) is 25.8 Å². The highest BCUT2D eigenvalue weighted by atomic mass is 16.5. The number of nitrogens with zero attached hydrogens (tertiary/aromatic N) is 1. The minimum atomic E-state index is 0.692. The Labute approximate surface area is 91.9 Å². The van der Waals surface area contributed by atoms with Crippen LogP contribution in [0.5, 0.6) is 0 Å². The largest absolute Gasteiger partial charge is 0.369 e. The molecule has 1 aromatic rings. The fourth-order valence-electron chi connectivity index (χ4n) is 2.30. The maximum Gasteiger partial charge on any atom is 0.0986 e. The van der Waals surface area contributed by atoms with E-state index in [-0.39, 0.29) is 0 Å². The predicted molar refractivity (Wildman–Crippen MR) is 61.8 cm³/mol. The number of ether oxygens (including phenoxy) is 1. The van der Waals surface area contributed by atoms with Gasteiger partial charge in [0.15, 0.2) is 0 Å². The van der Waals surface area contributed by atoms with E-state index >= 15 is 0 Å². The third-order valence-electron chi connectivity index (χ3n) is 2.96. The van der Waals surface area contributed by atoms with E-state index in [2.05, 4.69) is 30.1 Å². The Kier molecular flexibility index (Phi) is 3.39. The molecule has 0 spiro atoms. The van der Waals surface area contributed by atoms with Gasteiger partial charge in [0.1, 0.15) is 0 Å².